The Bertz CT molecular complexity index is 1450. The van der Waals surface area contributed by atoms with E-state index in [-0.39, 0.29) is 37.4 Å². The van der Waals surface area contributed by atoms with Crippen LogP contribution in [0.3, 0.4) is 0 Å². The average molecular weight is 552 g/mol. The van der Waals surface area contributed by atoms with Crippen molar-refractivity contribution in [3.05, 3.63) is 60.0 Å². The SMILES string of the molecule is COc1ccccc1CS(=O)(=O)C(CCCCC(=O)c1nc2ccccc2o1)C(NS(C)(=O)=O)C(N)=O. The number of nitrogens with one attached hydrogen (secondary N) is 1. The first-order valence-corrected chi connectivity index (χ1v) is 15.0. The molecule has 3 aromatic rings. The van der Waals surface area contributed by atoms with Crippen molar-refractivity contribution in [2.45, 2.75) is 42.7 Å². The molecule has 200 valence electrons. The van der Waals surface area contributed by atoms with Crippen molar-refractivity contribution in [3.8, 4) is 5.75 Å². The van der Waals surface area contributed by atoms with Crippen LogP contribution in [0.2, 0.25) is 0 Å². The number of aromatic nitrogens is 1. The Kier molecular flexibility index (Phi) is 9.05. The first-order valence-electron chi connectivity index (χ1n) is 11.4. The summed E-state index contributed by atoms with van der Waals surface area (Å²) in [6, 6.07) is 11.7. The van der Waals surface area contributed by atoms with Crippen molar-refractivity contribution < 1.29 is 35.6 Å². The molecular weight excluding hydrogens is 522 g/mol. The third kappa shape index (κ3) is 7.60. The molecule has 1 amide bonds. The van der Waals surface area contributed by atoms with E-state index in [9.17, 15) is 26.4 Å². The van der Waals surface area contributed by atoms with Crippen LogP contribution in [0.25, 0.3) is 11.1 Å². The molecule has 13 heteroatoms. The van der Waals surface area contributed by atoms with Crippen LogP contribution in [-0.2, 0) is 30.4 Å². The summed E-state index contributed by atoms with van der Waals surface area (Å²) >= 11 is 0. The highest BCUT2D eigenvalue weighted by Crippen LogP contribution is 2.26. The Morgan fingerprint density at radius 3 is 2.38 bits per heavy atom. The number of carbonyl (C=O) groups is 2. The van der Waals surface area contributed by atoms with Gasteiger partial charge in [-0.3, -0.25) is 9.59 Å². The molecular formula is C24H29N3O8S2. The van der Waals surface area contributed by atoms with Crippen LogP contribution in [0.1, 0.15) is 41.9 Å². The van der Waals surface area contributed by atoms with Gasteiger partial charge in [0.1, 0.15) is 17.3 Å². The highest BCUT2D eigenvalue weighted by molar-refractivity contribution is 7.91. The summed E-state index contributed by atoms with van der Waals surface area (Å²) in [5.74, 6) is -1.69. The van der Waals surface area contributed by atoms with E-state index in [2.05, 4.69) is 9.71 Å². The standard InChI is InChI=1S/C24H29N3O8S2/c1-34-19-12-6-3-9-16(19)15-37(32,33)21(22(23(25)29)27-36(2,30)31)14-8-5-11-18(28)24-26-17-10-4-7-13-20(17)35-24/h3-4,6-7,9-10,12-13,21-22,27H,5,8,11,14-15H2,1-2H3,(H2,25,29). The van der Waals surface area contributed by atoms with Gasteiger partial charge in [-0.2, -0.15) is 0 Å². The number of nitrogens with two attached hydrogens (primary N) is 1. The summed E-state index contributed by atoms with van der Waals surface area (Å²) in [6.45, 7) is 0. The molecule has 0 aliphatic heterocycles. The predicted octanol–water partition coefficient (Wildman–Crippen LogP) is 1.97. The van der Waals surface area contributed by atoms with E-state index in [1.165, 1.54) is 7.11 Å². The number of methoxy groups -OCH3 is 1. The van der Waals surface area contributed by atoms with Gasteiger partial charge in [-0.15, -0.1) is 0 Å². The molecule has 0 radical (unpaired) electrons. The Balaban J connectivity index is 1.77. The number of carbonyl (C=O) groups excluding carboxylic acids is 2. The van der Waals surface area contributed by atoms with Gasteiger partial charge < -0.3 is 14.9 Å². The quantitative estimate of drug-likeness (QED) is 0.224. The molecule has 1 aromatic heterocycles. The number of ether oxygens (including phenoxy) is 1. The molecule has 2 unspecified atom stereocenters. The minimum Gasteiger partial charge on any atom is -0.496 e. The van der Waals surface area contributed by atoms with Gasteiger partial charge in [0, 0.05) is 12.0 Å². The van der Waals surface area contributed by atoms with Gasteiger partial charge in [-0.05, 0) is 31.0 Å². The molecule has 0 saturated carbocycles. The Labute approximate surface area is 215 Å². The summed E-state index contributed by atoms with van der Waals surface area (Å²) < 4.78 is 63.5. The zero-order valence-corrected chi connectivity index (χ0v) is 22.0. The van der Waals surface area contributed by atoms with Gasteiger partial charge in [0.05, 0.1) is 24.4 Å². The summed E-state index contributed by atoms with van der Waals surface area (Å²) in [5.41, 5.74) is 6.80. The van der Waals surface area contributed by atoms with Gasteiger partial charge >= 0.3 is 0 Å². The molecule has 0 aliphatic rings. The molecule has 0 saturated heterocycles. The van der Waals surface area contributed by atoms with Crippen LogP contribution >= 0.6 is 0 Å². The molecule has 1 heterocycles. The van der Waals surface area contributed by atoms with Crippen LogP contribution in [0.5, 0.6) is 5.75 Å². The van der Waals surface area contributed by atoms with E-state index in [4.69, 9.17) is 14.9 Å². The van der Waals surface area contributed by atoms with E-state index in [1.807, 2.05) is 0 Å². The minimum atomic E-state index is -4.12. The number of rotatable bonds is 14. The maximum absolute atomic E-state index is 13.5. The fraction of sp³-hybridized carbons (Fsp3) is 0.375. The third-order valence-corrected chi connectivity index (χ3v) is 8.53. The number of benzene rings is 2. The number of primary amides is 1. The summed E-state index contributed by atoms with van der Waals surface area (Å²) in [4.78, 5) is 28.9. The summed E-state index contributed by atoms with van der Waals surface area (Å²) in [5, 5.41) is -1.47. The second-order valence-corrected chi connectivity index (χ2v) is 12.6. The number of fused-ring (bicyclic) bond motifs is 1. The fourth-order valence-electron chi connectivity index (χ4n) is 3.98. The summed E-state index contributed by atoms with van der Waals surface area (Å²) in [6.07, 6.45) is 1.16. The molecule has 2 atom stereocenters. The maximum atomic E-state index is 13.5. The lowest BCUT2D eigenvalue weighted by Crippen LogP contribution is -2.54. The average Bonchev–Trinajstić information content (AvgIpc) is 3.26. The number of para-hydroxylation sites is 3. The zero-order valence-electron chi connectivity index (χ0n) is 20.4. The predicted molar refractivity (Wildman–Crippen MR) is 137 cm³/mol. The number of ketones is 1. The maximum Gasteiger partial charge on any atom is 0.264 e. The first kappa shape index (κ1) is 28.3. The molecule has 37 heavy (non-hydrogen) atoms. The molecule has 2 aromatic carbocycles. The number of hydrogen-bond acceptors (Lipinski definition) is 9. The monoisotopic (exact) mass is 551 g/mol. The fourth-order valence-corrected chi connectivity index (χ4v) is 6.83. The van der Waals surface area contributed by atoms with Crippen molar-refractivity contribution in [3.63, 3.8) is 0 Å². The summed E-state index contributed by atoms with van der Waals surface area (Å²) in [7, 11) is -6.69. The lowest BCUT2D eigenvalue weighted by Gasteiger charge is -2.25. The molecule has 3 rings (SSSR count). The number of sulfone groups is 1. The van der Waals surface area contributed by atoms with Crippen LogP contribution < -0.4 is 15.2 Å². The van der Waals surface area contributed by atoms with Crippen molar-refractivity contribution in [2.24, 2.45) is 5.73 Å². The molecule has 0 bridgehead atoms. The van der Waals surface area contributed by atoms with Crippen molar-refractivity contribution in [1.82, 2.24) is 9.71 Å². The van der Waals surface area contributed by atoms with Crippen LogP contribution in [0, 0.1) is 0 Å². The van der Waals surface area contributed by atoms with E-state index >= 15 is 0 Å². The van der Waals surface area contributed by atoms with E-state index in [0.717, 1.165) is 6.26 Å². The van der Waals surface area contributed by atoms with Gasteiger partial charge in [0.2, 0.25) is 21.7 Å². The number of sulfonamides is 1. The van der Waals surface area contributed by atoms with Crippen LogP contribution in [0.15, 0.2) is 52.9 Å². The van der Waals surface area contributed by atoms with Crippen molar-refractivity contribution in [1.29, 1.82) is 0 Å². The van der Waals surface area contributed by atoms with Crippen LogP contribution in [-0.4, -0.2) is 58.2 Å². The highest BCUT2D eigenvalue weighted by Gasteiger charge is 2.38. The Morgan fingerprint density at radius 2 is 1.73 bits per heavy atom. The molecule has 3 N–H and O–H groups in total. The Hall–Kier alpha value is -3.29. The number of unbranched alkanes of at least 4 members (excludes halogenated alkanes) is 1. The minimum absolute atomic E-state index is 0.0207. The number of Topliss-reactive ketones (excluding diaryl/α,β-unsaturated/α-hetero) is 1. The number of nitrogens with zero attached hydrogens (tertiary/aromatic N) is 1. The van der Waals surface area contributed by atoms with E-state index < -0.39 is 42.8 Å². The molecule has 11 nitrogen and oxygen atoms in total. The van der Waals surface area contributed by atoms with Gasteiger partial charge in [0.25, 0.3) is 5.89 Å². The largest absolute Gasteiger partial charge is 0.496 e. The molecule has 0 spiro atoms. The van der Waals surface area contributed by atoms with Crippen LogP contribution in [0.4, 0.5) is 0 Å². The lowest BCUT2D eigenvalue weighted by atomic mass is 10.1. The highest BCUT2D eigenvalue weighted by atomic mass is 32.2. The van der Waals surface area contributed by atoms with E-state index in [0.29, 0.717) is 22.4 Å². The number of amides is 1. The van der Waals surface area contributed by atoms with Gasteiger partial charge in [-0.25, -0.2) is 26.5 Å². The van der Waals surface area contributed by atoms with E-state index in [1.54, 1.807) is 48.5 Å². The lowest BCUT2D eigenvalue weighted by molar-refractivity contribution is -0.119. The normalized spacial score (nSPS) is 13.8. The second-order valence-electron chi connectivity index (χ2n) is 8.58. The zero-order chi connectivity index (χ0) is 27.2. The van der Waals surface area contributed by atoms with Gasteiger partial charge in [-0.1, -0.05) is 36.8 Å². The molecule has 0 aliphatic carbocycles. The topological polar surface area (TPSA) is 176 Å². The molecule has 0 fully saturated rings. The number of hydrogen-bond donors (Lipinski definition) is 2. The second kappa shape index (κ2) is 11.8. The van der Waals surface area contributed by atoms with Crippen molar-refractivity contribution in [2.75, 3.05) is 13.4 Å². The smallest absolute Gasteiger partial charge is 0.264 e. The Morgan fingerprint density at radius 1 is 1.05 bits per heavy atom. The first-order chi connectivity index (χ1) is 17.4. The number of oxazole rings is 1. The van der Waals surface area contributed by atoms with Crippen molar-refractivity contribution >= 4 is 42.7 Å². The third-order valence-electron chi connectivity index (χ3n) is 5.70. The van der Waals surface area contributed by atoms with Gasteiger partial charge in [0.15, 0.2) is 15.4 Å².